The van der Waals surface area contributed by atoms with Crippen molar-refractivity contribution >= 4 is 149 Å². The third-order valence-electron chi connectivity index (χ3n) is 7.58. The molecule has 3 rings (SSSR count). The quantitative estimate of drug-likeness (QED) is 0.0405. The van der Waals surface area contributed by atoms with Crippen molar-refractivity contribution < 1.29 is 35.1 Å². The smallest absolute Gasteiger partial charge is 0.869 e. The second-order valence-corrected chi connectivity index (χ2v) is 16.0. The Morgan fingerprint density at radius 2 is 0.537 bits per heavy atom. The molecule has 7 nitrogen and oxygen atoms in total. The SMILES string of the molecule is CCCC[N+](CCCC)(CCCC)CCCC.Oc1c(O)c(Cl)c(Cl)c(Cl)c1Cl.Oc1c(O)c(Cl)c(Cl)c(Cl)c1Cl.[O-]c1c(O)c(Cl)c(Cl)c(Cl)c1Cl.[P+5]. The van der Waals surface area contributed by atoms with Crippen LogP contribution in [0.3, 0.4) is 0 Å². The second-order valence-electron chi connectivity index (χ2n) is 11.5. The first-order chi connectivity index (χ1) is 24.6. The molecule has 20 heteroatoms. The van der Waals surface area contributed by atoms with Crippen molar-refractivity contribution in [1.82, 2.24) is 0 Å². The van der Waals surface area contributed by atoms with Gasteiger partial charge in [-0.25, -0.2) is 0 Å². The van der Waals surface area contributed by atoms with Crippen LogP contribution in [0.25, 0.3) is 0 Å². The van der Waals surface area contributed by atoms with Gasteiger partial charge in [-0.05, 0) is 31.4 Å². The van der Waals surface area contributed by atoms with Crippen molar-refractivity contribution in [2.24, 2.45) is 0 Å². The molecule has 54 heavy (non-hydrogen) atoms. The van der Waals surface area contributed by atoms with Crippen LogP contribution in [0.2, 0.25) is 60.3 Å². The molecule has 0 saturated heterocycles. The van der Waals surface area contributed by atoms with Gasteiger partial charge in [-0.1, -0.05) is 193 Å². The van der Waals surface area contributed by atoms with Crippen molar-refractivity contribution in [1.29, 1.82) is 0 Å². The van der Waals surface area contributed by atoms with Crippen LogP contribution in [0.5, 0.6) is 34.5 Å². The van der Waals surface area contributed by atoms with E-state index < -0.39 is 34.5 Å². The summed E-state index contributed by atoms with van der Waals surface area (Å²) in [6.45, 7) is 15.0. The molecule has 0 spiro atoms. The topological polar surface area (TPSA) is 124 Å². The normalized spacial score (nSPS) is 10.7. The molecule has 0 atom stereocenters. The van der Waals surface area contributed by atoms with Gasteiger partial charge in [-0.2, -0.15) is 0 Å². The minimum Gasteiger partial charge on any atom is -0.869 e. The summed E-state index contributed by atoms with van der Waals surface area (Å²) in [6.07, 6.45) is 11.1. The Bertz CT molecular complexity index is 1140. The number of aromatic hydroxyl groups is 5. The van der Waals surface area contributed by atoms with Crippen LogP contribution in [0.1, 0.15) is 79.1 Å². The summed E-state index contributed by atoms with van der Waals surface area (Å²) < 4.78 is 1.42. The van der Waals surface area contributed by atoms with Crippen LogP contribution in [0, 0.1) is 0 Å². The molecular formula is C34H41Cl12NO6P+5. The molecule has 0 heterocycles. The number of benzene rings is 3. The minimum absolute atomic E-state index is 0. The first-order valence-corrected chi connectivity index (χ1v) is 20.7. The molecule has 0 aliphatic carbocycles. The van der Waals surface area contributed by atoms with Gasteiger partial charge in [0.1, 0.15) is 30.9 Å². The van der Waals surface area contributed by atoms with Gasteiger partial charge < -0.3 is 35.1 Å². The zero-order valence-corrected chi connectivity index (χ0v) is 39.5. The number of phenolic OH excluding ortho intramolecular Hbond substituents is 5. The Kier molecular flexibility index (Phi) is 29.2. The van der Waals surface area contributed by atoms with Gasteiger partial charge in [-0.3, -0.25) is 0 Å². The molecule has 0 fully saturated rings. The molecule has 0 aromatic heterocycles. The summed E-state index contributed by atoms with van der Waals surface area (Å²) in [7, 11) is 0. The third-order valence-corrected chi connectivity index (χ3v) is 12.9. The summed E-state index contributed by atoms with van der Waals surface area (Å²) in [5.41, 5.74) is 0. The molecule has 302 valence electrons. The first-order valence-electron chi connectivity index (χ1n) is 16.2. The van der Waals surface area contributed by atoms with Gasteiger partial charge in [-0.15, -0.1) is 0 Å². The van der Waals surface area contributed by atoms with E-state index in [2.05, 4.69) is 27.7 Å². The monoisotopic (exact) mass is 1010 g/mol. The van der Waals surface area contributed by atoms with Gasteiger partial charge >= 0.3 is 9.90 Å². The molecule has 0 bridgehead atoms. The van der Waals surface area contributed by atoms with E-state index in [1.807, 2.05) is 0 Å². The fourth-order valence-corrected chi connectivity index (χ4v) is 6.95. The number of nitrogens with zero attached hydrogens (tertiary/aromatic N) is 1. The second kappa shape index (κ2) is 27.9. The van der Waals surface area contributed by atoms with Gasteiger partial charge in [0.15, 0.2) is 23.0 Å². The van der Waals surface area contributed by atoms with E-state index in [0.29, 0.717) is 0 Å². The maximum absolute atomic E-state index is 11.0. The Hall–Kier alpha value is 0.330. The summed E-state index contributed by atoms with van der Waals surface area (Å²) in [6, 6.07) is 0. The van der Waals surface area contributed by atoms with E-state index in [1.165, 1.54) is 82.0 Å². The van der Waals surface area contributed by atoms with Crippen molar-refractivity contribution in [2.75, 3.05) is 26.2 Å². The molecule has 0 aliphatic heterocycles. The van der Waals surface area contributed by atoms with Crippen LogP contribution in [0.15, 0.2) is 0 Å². The number of hydrogen-bond acceptors (Lipinski definition) is 6. The van der Waals surface area contributed by atoms with E-state index in [0.717, 1.165) is 0 Å². The summed E-state index contributed by atoms with van der Waals surface area (Å²) >= 11 is 65.9. The molecule has 0 aliphatic rings. The first kappa shape index (κ1) is 56.4. The number of unbranched alkanes of at least 4 members (excludes halogenated alkanes) is 4. The van der Waals surface area contributed by atoms with Gasteiger partial charge in [0, 0.05) is 0 Å². The number of rotatable bonds is 12. The fourth-order valence-electron chi connectivity index (χ4n) is 4.46. The molecule has 0 radical (unpaired) electrons. The van der Waals surface area contributed by atoms with Crippen LogP contribution in [-0.4, -0.2) is 56.2 Å². The molecule has 3 aromatic carbocycles. The van der Waals surface area contributed by atoms with Gasteiger partial charge in [0.25, 0.3) is 0 Å². The molecule has 0 unspecified atom stereocenters. The molecule has 0 amide bonds. The summed E-state index contributed by atoms with van der Waals surface area (Å²) in [5.74, 6) is -3.80. The van der Waals surface area contributed by atoms with Crippen molar-refractivity contribution in [2.45, 2.75) is 79.1 Å². The van der Waals surface area contributed by atoms with E-state index in [4.69, 9.17) is 165 Å². The fraction of sp³-hybridized carbons (Fsp3) is 0.471. The van der Waals surface area contributed by atoms with Crippen LogP contribution in [0.4, 0.5) is 0 Å². The van der Waals surface area contributed by atoms with E-state index in [-0.39, 0.29) is 70.2 Å². The minimum atomic E-state index is -0.823. The predicted molar refractivity (Wildman–Crippen MR) is 233 cm³/mol. The Morgan fingerprint density at radius 3 is 0.741 bits per heavy atom. The molecule has 0 saturated carbocycles. The Morgan fingerprint density at radius 1 is 0.352 bits per heavy atom. The molecule has 3 aromatic rings. The zero-order valence-electron chi connectivity index (χ0n) is 29.6. The maximum Gasteiger partial charge on any atom is 5.00 e. The average molecular weight is 1020 g/mol. The molecular weight excluding hydrogens is 975 g/mol. The average Bonchev–Trinajstić information content (AvgIpc) is 3.17. The molecule has 5 N–H and O–H groups in total. The largest absolute Gasteiger partial charge is 5.00 e. The third kappa shape index (κ3) is 16.2. The Labute approximate surface area is 381 Å². The van der Waals surface area contributed by atoms with Crippen LogP contribution in [-0.2, 0) is 0 Å². The maximum atomic E-state index is 11.0. The summed E-state index contributed by atoms with van der Waals surface area (Å²) in [5, 5.41) is 54.2. The van der Waals surface area contributed by atoms with E-state index in [1.54, 1.807) is 0 Å². The Balaban J connectivity index is 0. The van der Waals surface area contributed by atoms with E-state index >= 15 is 0 Å². The number of quaternary nitrogens is 1. The number of hydrogen-bond donors (Lipinski definition) is 5. The van der Waals surface area contributed by atoms with Crippen LogP contribution < -0.4 is 5.11 Å². The van der Waals surface area contributed by atoms with E-state index in [9.17, 15) is 5.11 Å². The number of halogens is 12. The van der Waals surface area contributed by atoms with Gasteiger partial charge in [0.2, 0.25) is 0 Å². The van der Waals surface area contributed by atoms with Crippen molar-refractivity contribution in [3.63, 3.8) is 0 Å². The van der Waals surface area contributed by atoms with Crippen molar-refractivity contribution in [3.05, 3.63) is 60.3 Å². The zero-order chi connectivity index (χ0) is 41.4. The standard InChI is InChI=1S/C16H36N.3C6H2Cl4O2.P/c1-5-9-13-17(14-10-6-2,15-11-7-3)16-12-8-4;3*7-1-2(8)4(10)6(12)5(11)3(1)9;/h5-16H2,1-4H3;3*11-12H;/q+1;;;;+5/p-1. The number of phenols is 5. The van der Waals surface area contributed by atoms with Crippen LogP contribution >= 0.6 is 149 Å². The van der Waals surface area contributed by atoms with Crippen molar-refractivity contribution in [3.8, 4) is 34.5 Å². The predicted octanol–water partition coefficient (Wildman–Crippen LogP) is 16.4. The van der Waals surface area contributed by atoms with Gasteiger partial charge in [0.05, 0.1) is 61.3 Å². The summed E-state index contributed by atoms with van der Waals surface area (Å²) in [4.78, 5) is 0.